The van der Waals surface area contributed by atoms with Crippen LogP contribution in [0.2, 0.25) is 0 Å². The SMILES string of the molecule is C=C(C)c1cnc2cc(OC)ccc2c1-c1cccc(F)c1. The molecule has 0 saturated carbocycles. The van der Waals surface area contributed by atoms with Crippen LogP contribution in [-0.2, 0) is 0 Å². The first-order valence-corrected chi connectivity index (χ1v) is 6.98. The molecule has 0 aliphatic heterocycles. The average Bonchev–Trinajstić information content (AvgIpc) is 2.53. The van der Waals surface area contributed by atoms with E-state index in [4.69, 9.17) is 4.74 Å². The number of aromatic nitrogens is 1. The third kappa shape index (κ3) is 2.46. The van der Waals surface area contributed by atoms with E-state index < -0.39 is 0 Å². The molecule has 0 N–H and O–H groups in total. The van der Waals surface area contributed by atoms with Gasteiger partial charge in [0.25, 0.3) is 0 Å². The Balaban J connectivity index is 2.37. The molecule has 1 aromatic heterocycles. The van der Waals surface area contributed by atoms with Crippen LogP contribution in [0, 0.1) is 5.82 Å². The maximum absolute atomic E-state index is 13.6. The van der Waals surface area contributed by atoms with Crippen molar-refractivity contribution in [2.75, 3.05) is 7.11 Å². The van der Waals surface area contributed by atoms with Gasteiger partial charge in [0.1, 0.15) is 11.6 Å². The lowest BCUT2D eigenvalue weighted by atomic mass is 9.93. The van der Waals surface area contributed by atoms with Crippen LogP contribution in [0.25, 0.3) is 27.6 Å². The summed E-state index contributed by atoms with van der Waals surface area (Å²) in [6.45, 7) is 5.94. The molecule has 110 valence electrons. The molecule has 1 heterocycles. The second-order valence-corrected chi connectivity index (χ2v) is 5.22. The zero-order chi connectivity index (χ0) is 15.7. The molecule has 22 heavy (non-hydrogen) atoms. The zero-order valence-corrected chi connectivity index (χ0v) is 12.6. The zero-order valence-electron chi connectivity index (χ0n) is 12.6. The molecule has 0 aliphatic rings. The van der Waals surface area contributed by atoms with E-state index >= 15 is 0 Å². The minimum Gasteiger partial charge on any atom is -0.497 e. The van der Waals surface area contributed by atoms with Gasteiger partial charge < -0.3 is 4.74 Å². The smallest absolute Gasteiger partial charge is 0.123 e. The molecule has 2 nitrogen and oxygen atoms in total. The van der Waals surface area contributed by atoms with Gasteiger partial charge >= 0.3 is 0 Å². The number of hydrogen-bond donors (Lipinski definition) is 0. The van der Waals surface area contributed by atoms with E-state index in [-0.39, 0.29) is 5.82 Å². The van der Waals surface area contributed by atoms with Gasteiger partial charge in [-0.2, -0.15) is 0 Å². The quantitative estimate of drug-likeness (QED) is 0.671. The maximum atomic E-state index is 13.6. The Bertz CT molecular complexity index is 870. The van der Waals surface area contributed by atoms with Crippen LogP contribution in [-0.4, -0.2) is 12.1 Å². The van der Waals surface area contributed by atoms with Crippen LogP contribution in [0.15, 0.2) is 55.2 Å². The summed E-state index contributed by atoms with van der Waals surface area (Å²) in [5, 5.41) is 0.951. The Labute approximate surface area is 128 Å². The number of nitrogens with zero attached hydrogens (tertiary/aromatic N) is 1. The molecule has 0 spiro atoms. The van der Waals surface area contributed by atoms with E-state index in [1.54, 1.807) is 19.4 Å². The molecule has 3 aromatic rings. The van der Waals surface area contributed by atoms with E-state index in [1.165, 1.54) is 12.1 Å². The fourth-order valence-corrected chi connectivity index (χ4v) is 2.58. The normalized spacial score (nSPS) is 10.7. The highest BCUT2D eigenvalue weighted by Crippen LogP contribution is 2.35. The molecule has 0 saturated heterocycles. The maximum Gasteiger partial charge on any atom is 0.123 e. The first kappa shape index (κ1) is 14.3. The molecule has 0 unspecified atom stereocenters. The molecule has 0 aliphatic carbocycles. The Morgan fingerprint density at radius 3 is 2.68 bits per heavy atom. The molecule has 2 aromatic carbocycles. The van der Waals surface area contributed by atoms with Crippen molar-refractivity contribution >= 4 is 16.5 Å². The number of halogens is 1. The predicted molar refractivity (Wildman–Crippen MR) is 88.4 cm³/mol. The van der Waals surface area contributed by atoms with Gasteiger partial charge in [0.15, 0.2) is 0 Å². The minimum absolute atomic E-state index is 0.261. The summed E-state index contributed by atoms with van der Waals surface area (Å²) in [5.41, 5.74) is 4.38. The number of fused-ring (bicyclic) bond motifs is 1. The van der Waals surface area contributed by atoms with Gasteiger partial charge in [0, 0.05) is 28.8 Å². The second kappa shape index (κ2) is 5.60. The number of methoxy groups -OCH3 is 1. The van der Waals surface area contributed by atoms with Gasteiger partial charge in [0.2, 0.25) is 0 Å². The molecule has 3 rings (SSSR count). The molecule has 0 bridgehead atoms. The fourth-order valence-electron chi connectivity index (χ4n) is 2.58. The minimum atomic E-state index is -0.261. The molecule has 0 fully saturated rings. The van der Waals surface area contributed by atoms with Crippen molar-refractivity contribution in [3.05, 3.63) is 66.6 Å². The Morgan fingerprint density at radius 2 is 2.00 bits per heavy atom. The van der Waals surface area contributed by atoms with Crippen molar-refractivity contribution < 1.29 is 9.13 Å². The molecule has 0 amide bonds. The van der Waals surface area contributed by atoms with Gasteiger partial charge in [-0.15, -0.1) is 0 Å². The molecule has 0 atom stereocenters. The third-order valence-electron chi connectivity index (χ3n) is 3.65. The lowest BCUT2D eigenvalue weighted by molar-refractivity contribution is 0.415. The van der Waals surface area contributed by atoms with Crippen molar-refractivity contribution in [3.8, 4) is 16.9 Å². The number of pyridine rings is 1. The number of allylic oxidation sites excluding steroid dienone is 1. The summed E-state index contributed by atoms with van der Waals surface area (Å²) < 4.78 is 18.9. The second-order valence-electron chi connectivity index (χ2n) is 5.22. The number of rotatable bonds is 3. The van der Waals surface area contributed by atoms with Crippen LogP contribution in [0.3, 0.4) is 0 Å². The van der Waals surface area contributed by atoms with Gasteiger partial charge in [0.05, 0.1) is 12.6 Å². The highest BCUT2D eigenvalue weighted by Gasteiger charge is 2.13. The van der Waals surface area contributed by atoms with Crippen molar-refractivity contribution in [1.82, 2.24) is 4.98 Å². The Kier molecular flexibility index (Phi) is 3.63. The summed E-state index contributed by atoms with van der Waals surface area (Å²) >= 11 is 0. The van der Waals surface area contributed by atoms with Crippen LogP contribution in [0.5, 0.6) is 5.75 Å². The highest BCUT2D eigenvalue weighted by atomic mass is 19.1. The van der Waals surface area contributed by atoms with E-state index in [0.717, 1.165) is 38.9 Å². The first-order chi connectivity index (χ1) is 10.6. The van der Waals surface area contributed by atoms with Gasteiger partial charge in [-0.3, -0.25) is 4.98 Å². The Hall–Kier alpha value is -2.68. The lowest BCUT2D eigenvalue weighted by Gasteiger charge is -2.14. The molecular weight excluding hydrogens is 277 g/mol. The number of hydrogen-bond acceptors (Lipinski definition) is 2. The summed E-state index contributed by atoms with van der Waals surface area (Å²) in [5.74, 6) is 0.483. The molecule has 0 radical (unpaired) electrons. The largest absolute Gasteiger partial charge is 0.497 e. The Morgan fingerprint density at radius 1 is 1.18 bits per heavy atom. The van der Waals surface area contributed by atoms with E-state index in [2.05, 4.69) is 11.6 Å². The van der Waals surface area contributed by atoms with Gasteiger partial charge in [-0.25, -0.2) is 4.39 Å². The van der Waals surface area contributed by atoms with Crippen LogP contribution >= 0.6 is 0 Å². The third-order valence-corrected chi connectivity index (χ3v) is 3.65. The van der Waals surface area contributed by atoms with Gasteiger partial charge in [-0.1, -0.05) is 18.7 Å². The highest BCUT2D eigenvalue weighted by molar-refractivity contribution is 6.00. The van der Waals surface area contributed by atoms with E-state index in [0.29, 0.717) is 0 Å². The summed E-state index contributed by atoms with van der Waals surface area (Å²) in [7, 11) is 1.62. The van der Waals surface area contributed by atoms with Crippen molar-refractivity contribution in [3.63, 3.8) is 0 Å². The topological polar surface area (TPSA) is 22.1 Å². The number of benzene rings is 2. The molecular formula is C19H16FNO. The van der Waals surface area contributed by atoms with Crippen molar-refractivity contribution in [1.29, 1.82) is 0 Å². The van der Waals surface area contributed by atoms with Crippen molar-refractivity contribution in [2.24, 2.45) is 0 Å². The van der Waals surface area contributed by atoms with E-state index in [1.807, 2.05) is 31.2 Å². The van der Waals surface area contributed by atoms with Crippen molar-refractivity contribution in [2.45, 2.75) is 6.92 Å². The van der Waals surface area contributed by atoms with Gasteiger partial charge in [-0.05, 0) is 42.3 Å². The standard InChI is InChI=1S/C19H16FNO/c1-12(2)17-11-21-18-10-15(22-3)7-8-16(18)19(17)13-5-4-6-14(20)9-13/h4-11H,1H2,2-3H3. The first-order valence-electron chi connectivity index (χ1n) is 6.98. The molecule has 3 heteroatoms. The van der Waals surface area contributed by atoms with E-state index in [9.17, 15) is 4.39 Å². The summed E-state index contributed by atoms with van der Waals surface area (Å²) in [4.78, 5) is 4.49. The van der Waals surface area contributed by atoms with Crippen LogP contribution in [0.4, 0.5) is 4.39 Å². The van der Waals surface area contributed by atoms with Crippen LogP contribution < -0.4 is 4.74 Å². The summed E-state index contributed by atoms with van der Waals surface area (Å²) in [6, 6.07) is 12.3. The van der Waals surface area contributed by atoms with Crippen LogP contribution in [0.1, 0.15) is 12.5 Å². The fraction of sp³-hybridized carbons (Fsp3) is 0.105. The monoisotopic (exact) mass is 293 g/mol. The average molecular weight is 293 g/mol. The lowest BCUT2D eigenvalue weighted by Crippen LogP contribution is -1.93. The summed E-state index contributed by atoms with van der Waals surface area (Å²) in [6.07, 6.45) is 1.78. The number of ether oxygens (including phenoxy) is 1. The predicted octanol–water partition coefficient (Wildman–Crippen LogP) is 5.08.